The van der Waals surface area contributed by atoms with E-state index >= 15 is 0 Å². The van der Waals surface area contributed by atoms with Gasteiger partial charge in [-0.25, -0.2) is 0 Å². The second-order valence-electron chi connectivity index (χ2n) is 4.71. The van der Waals surface area contributed by atoms with E-state index in [0.29, 0.717) is 11.3 Å². The van der Waals surface area contributed by atoms with Crippen LogP contribution in [0.5, 0.6) is 0 Å². The van der Waals surface area contributed by atoms with Crippen molar-refractivity contribution in [3.05, 3.63) is 12.7 Å². The van der Waals surface area contributed by atoms with Gasteiger partial charge in [0.15, 0.2) is 0 Å². The lowest BCUT2D eigenvalue weighted by molar-refractivity contribution is 0.0315. The predicted molar refractivity (Wildman–Crippen MR) is 51.9 cm³/mol. The van der Waals surface area contributed by atoms with Crippen molar-refractivity contribution in [1.82, 2.24) is 0 Å². The van der Waals surface area contributed by atoms with Crippen LogP contribution in [-0.2, 0) is 0 Å². The molecular formula is C11H20O. The highest BCUT2D eigenvalue weighted by atomic mass is 16.3. The second-order valence-corrected chi connectivity index (χ2v) is 4.71. The molecule has 0 aromatic carbocycles. The molecule has 0 aromatic heterocycles. The summed E-state index contributed by atoms with van der Waals surface area (Å²) < 4.78 is 0. The maximum atomic E-state index is 9.61. The van der Waals surface area contributed by atoms with Gasteiger partial charge in [-0.1, -0.05) is 19.9 Å². The Bertz CT molecular complexity index is 152. The fourth-order valence-electron chi connectivity index (χ4n) is 2.64. The Labute approximate surface area is 75.5 Å². The van der Waals surface area contributed by atoms with E-state index in [9.17, 15) is 5.11 Å². The topological polar surface area (TPSA) is 20.2 Å². The molecule has 0 aromatic rings. The molecule has 3 unspecified atom stereocenters. The normalized spacial score (nSPS) is 42.6. The first-order valence-electron chi connectivity index (χ1n) is 4.85. The van der Waals surface area contributed by atoms with E-state index in [1.807, 2.05) is 6.08 Å². The fraction of sp³-hybridized carbons (Fsp3) is 0.818. The van der Waals surface area contributed by atoms with E-state index in [1.54, 1.807) is 0 Å². The van der Waals surface area contributed by atoms with Crippen LogP contribution >= 0.6 is 0 Å². The third-order valence-electron chi connectivity index (χ3n) is 2.88. The largest absolute Gasteiger partial charge is 0.393 e. The number of rotatable bonds is 2. The molecule has 1 rings (SSSR count). The Hall–Kier alpha value is -0.300. The van der Waals surface area contributed by atoms with Crippen LogP contribution in [-0.4, -0.2) is 11.2 Å². The van der Waals surface area contributed by atoms with E-state index in [-0.39, 0.29) is 6.10 Å². The summed E-state index contributed by atoms with van der Waals surface area (Å²) in [7, 11) is 0. The smallest absolute Gasteiger partial charge is 0.0548 e. The molecular weight excluding hydrogens is 148 g/mol. The molecule has 1 saturated carbocycles. The van der Waals surface area contributed by atoms with Crippen molar-refractivity contribution < 1.29 is 5.11 Å². The summed E-state index contributed by atoms with van der Waals surface area (Å²) in [5.74, 6) is 0.665. The molecule has 0 bridgehead atoms. The number of aliphatic hydroxyl groups excluding tert-OH is 1. The first-order valence-corrected chi connectivity index (χ1v) is 4.85. The van der Waals surface area contributed by atoms with Crippen LogP contribution < -0.4 is 0 Å². The molecule has 0 amide bonds. The maximum Gasteiger partial charge on any atom is 0.0548 e. The standard InChI is InChI=1S/C11H20O/c1-4-5-11(3)7-9(2)6-10(12)8-11/h4,9-10,12H,1,5-8H2,2-3H3. The Kier molecular flexibility index (Phi) is 2.94. The third kappa shape index (κ3) is 2.34. The lowest BCUT2D eigenvalue weighted by atomic mass is 9.68. The molecule has 1 fully saturated rings. The first kappa shape index (κ1) is 9.79. The Morgan fingerprint density at radius 1 is 1.58 bits per heavy atom. The molecule has 0 saturated heterocycles. The highest BCUT2D eigenvalue weighted by Gasteiger charge is 2.33. The van der Waals surface area contributed by atoms with Crippen LogP contribution in [0, 0.1) is 11.3 Å². The van der Waals surface area contributed by atoms with Gasteiger partial charge in [0, 0.05) is 0 Å². The van der Waals surface area contributed by atoms with Crippen LogP contribution in [0.15, 0.2) is 12.7 Å². The summed E-state index contributed by atoms with van der Waals surface area (Å²) in [6, 6.07) is 0. The molecule has 3 atom stereocenters. The Morgan fingerprint density at radius 2 is 2.25 bits per heavy atom. The fourth-order valence-corrected chi connectivity index (χ4v) is 2.64. The van der Waals surface area contributed by atoms with Crippen molar-refractivity contribution in [3.8, 4) is 0 Å². The van der Waals surface area contributed by atoms with Crippen molar-refractivity contribution in [2.75, 3.05) is 0 Å². The number of allylic oxidation sites excluding steroid dienone is 1. The van der Waals surface area contributed by atoms with E-state index in [2.05, 4.69) is 20.4 Å². The minimum atomic E-state index is -0.0845. The second kappa shape index (κ2) is 3.61. The zero-order valence-corrected chi connectivity index (χ0v) is 8.21. The molecule has 1 aliphatic carbocycles. The average Bonchev–Trinajstić information content (AvgIpc) is 1.82. The van der Waals surface area contributed by atoms with Gasteiger partial charge >= 0.3 is 0 Å². The number of hydrogen-bond acceptors (Lipinski definition) is 1. The average molecular weight is 168 g/mol. The molecule has 12 heavy (non-hydrogen) atoms. The van der Waals surface area contributed by atoms with Gasteiger partial charge in [0.05, 0.1) is 6.10 Å². The third-order valence-corrected chi connectivity index (χ3v) is 2.88. The molecule has 1 nitrogen and oxygen atoms in total. The van der Waals surface area contributed by atoms with Crippen LogP contribution in [0.2, 0.25) is 0 Å². The molecule has 1 aliphatic rings. The van der Waals surface area contributed by atoms with Crippen molar-refractivity contribution in [1.29, 1.82) is 0 Å². The summed E-state index contributed by atoms with van der Waals surface area (Å²) in [5, 5.41) is 9.61. The quantitative estimate of drug-likeness (QED) is 0.629. The predicted octanol–water partition coefficient (Wildman–Crippen LogP) is 2.75. The van der Waals surface area contributed by atoms with Crippen molar-refractivity contribution in [3.63, 3.8) is 0 Å². The minimum Gasteiger partial charge on any atom is -0.393 e. The van der Waals surface area contributed by atoms with Gasteiger partial charge in [0.25, 0.3) is 0 Å². The van der Waals surface area contributed by atoms with Gasteiger partial charge in [-0.3, -0.25) is 0 Å². The molecule has 0 radical (unpaired) electrons. The summed E-state index contributed by atoms with van der Waals surface area (Å²) in [6.07, 6.45) is 6.09. The van der Waals surface area contributed by atoms with E-state index < -0.39 is 0 Å². The van der Waals surface area contributed by atoms with Gasteiger partial charge < -0.3 is 5.11 Å². The Morgan fingerprint density at radius 3 is 2.75 bits per heavy atom. The highest BCUT2D eigenvalue weighted by Crippen LogP contribution is 2.41. The van der Waals surface area contributed by atoms with Crippen LogP contribution in [0.4, 0.5) is 0 Å². The molecule has 70 valence electrons. The van der Waals surface area contributed by atoms with Gasteiger partial charge in [-0.05, 0) is 37.0 Å². The monoisotopic (exact) mass is 168 g/mol. The van der Waals surface area contributed by atoms with Crippen molar-refractivity contribution >= 4 is 0 Å². The summed E-state index contributed by atoms with van der Waals surface area (Å²) in [5.41, 5.74) is 0.304. The molecule has 0 aliphatic heterocycles. The molecule has 0 spiro atoms. The van der Waals surface area contributed by atoms with E-state index in [1.165, 1.54) is 6.42 Å². The van der Waals surface area contributed by atoms with E-state index in [4.69, 9.17) is 0 Å². The van der Waals surface area contributed by atoms with Gasteiger partial charge in [0.1, 0.15) is 0 Å². The SMILES string of the molecule is C=CCC1(C)CC(C)CC(O)C1. The molecule has 1 N–H and O–H groups in total. The van der Waals surface area contributed by atoms with Crippen LogP contribution in [0.25, 0.3) is 0 Å². The minimum absolute atomic E-state index is 0.0845. The summed E-state index contributed by atoms with van der Waals surface area (Å²) in [4.78, 5) is 0. The van der Waals surface area contributed by atoms with E-state index in [0.717, 1.165) is 19.3 Å². The molecule has 1 heteroatoms. The first-order chi connectivity index (χ1) is 5.56. The Balaban J connectivity index is 2.57. The summed E-state index contributed by atoms with van der Waals surface area (Å²) >= 11 is 0. The van der Waals surface area contributed by atoms with Gasteiger partial charge in [-0.15, -0.1) is 6.58 Å². The summed E-state index contributed by atoms with van der Waals surface area (Å²) in [6.45, 7) is 8.25. The zero-order chi connectivity index (χ0) is 9.19. The number of aliphatic hydroxyl groups is 1. The van der Waals surface area contributed by atoms with Crippen molar-refractivity contribution in [2.24, 2.45) is 11.3 Å². The van der Waals surface area contributed by atoms with Crippen LogP contribution in [0.1, 0.15) is 39.5 Å². The van der Waals surface area contributed by atoms with Gasteiger partial charge in [0.2, 0.25) is 0 Å². The lowest BCUT2D eigenvalue weighted by Gasteiger charge is -2.39. The lowest BCUT2D eigenvalue weighted by Crippen LogP contribution is -2.32. The number of hydrogen-bond donors (Lipinski definition) is 1. The van der Waals surface area contributed by atoms with Gasteiger partial charge in [-0.2, -0.15) is 0 Å². The maximum absolute atomic E-state index is 9.61. The van der Waals surface area contributed by atoms with Crippen LogP contribution in [0.3, 0.4) is 0 Å². The van der Waals surface area contributed by atoms with Crippen molar-refractivity contribution in [2.45, 2.75) is 45.6 Å². The molecule has 0 heterocycles. The highest BCUT2D eigenvalue weighted by molar-refractivity contribution is 4.90. The zero-order valence-electron chi connectivity index (χ0n) is 8.21.